The smallest absolute Gasteiger partial charge is 0.242 e. The maximum absolute atomic E-state index is 15.1. The van der Waals surface area contributed by atoms with Gasteiger partial charge in [-0.3, -0.25) is 4.79 Å². The molecule has 0 aromatic heterocycles. The third-order valence-electron chi connectivity index (χ3n) is 8.33. The molecule has 1 heterocycles. The summed E-state index contributed by atoms with van der Waals surface area (Å²) in [7, 11) is -3.39. The second-order valence-corrected chi connectivity index (χ2v) is 14.2. The molecule has 1 saturated carbocycles. The third-order valence-corrected chi connectivity index (χ3v) is 11.1. The van der Waals surface area contributed by atoms with Gasteiger partial charge < -0.3 is 16.4 Å². The summed E-state index contributed by atoms with van der Waals surface area (Å²) in [5.74, 6) is -3.76. The van der Waals surface area contributed by atoms with Gasteiger partial charge >= 0.3 is 0 Å². The van der Waals surface area contributed by atoms with Crippen LogP contribution in [0.25, 0.3) is 0 Å². The van der Waals surface area contributed by atoms with Gasteiger partial charge in [0.2, 0.25) is 15.9 Å². The van der Waals surface area contributed by atoms with Crippen molar-refractivity contribution in [3.8, 4) is 0 Å². The first-order valence-corrected chi connectivity index (χ1v) is 16.6. The fourth-order valence-electron chi connectivity index (χ4n) is 6.07. The van der Waals surface area contributed by atoms with E-state index >= 15 is 4.39 Å². The van der Waals surface area contributed by atoms with Gasteiger partial charge in [-0.25, -0.2) is 21.6 Å². The van der Waals surface area contributed by atoms with E-state index in [4.69, 9.17) is 17.3 Å². The highest BCUT2D eigenvalue weighted by Gasteiger charge is 2.45. The summed E-state index contributed by atoms with van der Waals surface area (Å²) >= 11 is 6.04. The summed E-state index contributed by atoms with van der Waals surface area (Å²) in [6.07, 6.45) is 2.59. The Morgan fingerprint density at radius 3 is 2.39 bits per heavy atom. The van der Waals surface area contributed by atoms with Gasteiger partial charge in [-0.1, -0.05) is 29.8 Å². The van der Waals surface area contributed by atoms with Gasteiger partial charge in [-0.05, 0) is 86.6 Å². The minimum absolute atomic E-state index is 0.160. The summed E-state index contributed by atoms with van der Waals surface area (Å²) in [5.41, 5.74) is 7.61. The van der Waals surface area contributed by atoms with Gasteiger partial charge in [0.15, 0.2) is 0 Å². The number of rotatable bonds is 11. The first kappa shape index (κ1) is 32.4. The van der Waals surface area contributed by atoms with Crippen molar-refractivity contribution in [2.45, 2.75) is 68.3 Å². The van der Waals surface area contributed by atoms with Crippen LogP contribution in [0.5, 0.6) is 0 Å². The van der Waals surface area contributed by atoms with Crippen LogP contribution < -0.4 is 16.4 Å². The molecule has 7 nitrogen and oxygen atoms in total. The van der Waals surface area contributed by atoms with Crippen LogP contribution in [0.2, 0.25) is 5.02 Å². The lowest BCUT2D eigenvalue weighted by molar-refractivity contribution is -0.117. The molecule has 0 spiro atoms. The minimum atomic E-state index is -3.39. The van der Waals surface area contributed by atoms with Crippen LogP contribution in [0.3, 0.4) is 0 Å². The third kappa shape index (κ3) is 7.29. The number of piperazine rings is 1. The molecule has 3 aromatic carbocycles. The lowest BCUT2D eigenvalue weighted by Gasteiger charge is -2.40. The molecule has 44 heavy (non-hydrogen) atoms. The molecule has 5 rings (SSSR count). The van der Waals surface area contributed by atoms with E-state index in [1.54, 1.807) is 34.6 Å². The zero-order valence-corrected chi connectivity index (χ0v) is 25.9. The number of sulfonamides is 1. The molecular weight excluding hydrogens is 613 g/mol. The Kier molecular flexibility index (Phi) is 10.0. The van der Waals surface area contributed by atoms with E-state index in [0.29, 0.717) is 49.4 Å². The number of nitrogens with two attached hydrogens (primary N) is 1. The second kappa shape index (κ2) is 13.6. The number of amides is 1. The fourth-order valence-corrected chi connectivity index (χ4v) is 8.44. The Morgan fingerprint density at radius 2 is 1.73 bits per heavy atom. The predicted molar refractivity (Wildman–Crippen MR) is 165 cm³/mol. The van der Waals surface area contributed by atoms with E-state index in [-0.39, 0.29) is 40.6 Å². The lowest BCUT2D eigenvalue weighted by Crippen LogP contribution is -2.58. The van der Waals surface area contributed by atoms with Crippen LogP contribution in [0, 0.1) is 17.5 Å². The second-order valence-electron chi connectivity index (χ2n) is 11.6. The van der Waals surface area contributed by atoms with Crippen molar-refractivity contribution in [1.29, 1.82) is 0 Å². The molecule has 2 aliphatic rings. The quantitative estimate of drug-likeness (QED) is 0.261. The molecule has 3 aromatic rings. The maximum Gasteiger partial charge on any atom is 0.242 e. The number of benzene rings is 3. The zero-order valence-electron chi connectivity index (χ0n) is 24.3. The van der Waals surface area contributed by atoms with E-state index in [1.165, 1.54) is 12.1 Å². The molecule has 2 fully saturated rings. The van der Waals surface area contributed by atoms with E-state index in [0.717, 1.165) is 18.2 Å². The fraction of sp³-hybridized carbons (Fsp3) is 0.406. The highest BCUT2D eigenvalue weighted by Crippen LogP contribution is 2.35. The first-order valence-electron chi connectivity index (χ1n) is 14.7. The number of nitrogens with zero attached hydrogens (tertiary/aromatic N) is 1. The van der Waals surface area contributed by atoms with E-state index < -0.39 is 45.3 Å². The molecule has 4 atom stereocenters. The molecule has 0 radical (unpaired) electrons. The normalized spacial score (nSPS) is 20.7. The highest BCUT2D eigenvalue weighted by atomic mass is 35.5. The molecular formula is C32H36ClF3N4O3S. The van der Waals surface area contributed by atoms with Crippen molar-refractivity contribution < 1.29 is 26.4 Å². The number of hydrogen-bond acceptors (Lipinski definition) is 5. The SMILES string of the molecule is C[C@H]1CNC[C@H](CCCc2c(F)cccc2NC(=O)[C@@H](N)[C@@H](c2ccc(Cl)cc2)c2cc(F)cc(F)c2)N1S(=O)(=O)C1CC1. The Labute approximate surface area is 261 Å². The highest BCUT2D eigenvalue weighted by molar-refractivity contribution is 7.90. The Hall–Kier alpha value is -2.96. The van der Waals surface area contributed by atoms with Crippen molar-refractivity contribution in [1.82, 2.24) is 9.62 Å². The van der Waals surface area contributed by atoms with Crippen LogP contribution in [0.15, 0.2) is 60.7 Å². The van der Waals surface area contributed by atoms with Crippen LogP contribution in [0.4, 0.5) is 18.9 Å². The number of hydrogen-bond donors (Lipinski definition) is 3. The summed E-state index contributed by atoms with van der Waals surface area (Å²) in [6, 6.07) is 12.0. The van der Waals surface area contributed by atoms with Crippen molar-refractivity contribution >= 4 is 33.2 Å². The molecule has 0 bridgehead atoms. The number of carbonyl (C=O) groups is 1. The van der Waals surface area contributed by atoms with Crippen LogP contribution in [-0.4, -0.2) is 55.1 Å². The average Bonchev–Trinajstić information content (AvgIpc) is 3.82. The summed E-state index contributed by atoms with van der Waals surface area (Å²) in [4.78, 5) is 13.5. The van der Waals surface area contributed by atoms with Crippen LogP contribution in [0.1, 0.15) is 55.2 Å². The van der Waals surface area contributed by atoms with E-state index in [2.05, 4.69) is 10.6 Å². The van der Waals surface area contributed by atoms with Crippen LogP contribution in [-0.2, 0) is 21.2 Å². The predicted octanol–water partition coefficient (Wildman–Crippen LogP) is 5.33. The largest absolute Gasteiger partial charge is 0.324 e. The van der Waals surface area contributed by atoms with Crippen molar-refractivity contribution in [3.63, 3.8) is 0 Å². The standard InChI is InChI=1S/C32H36ClF3N4O3S/c1-19-17-38-18-25(40(19)44(42,43)26-12-13-26)4-2-5-27-28(36)6-3-7-29(27)39-32(41)31(37)30(20-8-10-22(33)11-9-20)21-14-23(34)16-24(35)15-21/h3,6-11,14-16,19,25-26,30-31,38H,2,4-5,12-13,17-18,37H2,1H3,(H,39,41)/t19-,25-,30-,31-/m0/s1. The molecule has 1 aliphatic carbocycles. The van der Waals surface area contributed by atoms with Gasteiger partial charge in [0.25, 0.3) is 0 Å². The summed E-state index contributed by atoms with van der Waals surface area (Å²) in [6.45, 7) is 2.98. The molecule has 0 unspecified atom stereocenters. The van der Waals surface area contributed by atoms with Crippen LogP contribution >= 0.6 is 11.6 Å². The maximum atomic E-state index is 15.1. The first-order chi connectivity index (χ1) is 21.0. The number of carbonyl (C=O) groups excluding carboxylic acids is 1. The minimum Gasteiger partial charge on any atom is -0.324 e. The van der Waals surface area contributed by atoms with Crippen molar-refractivity contribution in [2.24, 2.45) is 5.73 Å². The van der Waals surface area contributed by atoms with Gasteiger partial charge in [-0.15, -0.1) is 0 Å². The average molecular weight is 649 g/mol. The zero-order chi connectivity index (χ0) is 31.6. The molecule has 1 saturated heterocycles. The van der Waals surface area contributed by atoms with Gasteiger partial charge in [0.1, 0.15) is 17.5 Å². The topological polar surface area (TPSA) is 105 Å². The molecule has 12 heteroatoms. The van der Waals surface area contributed by atoms with E-state index in [9.17, 15) is 22.0 Å². The molecule has 1 amide bonds. The van der Waals surface area contributed by atoms with Gasteiger partial charge in [-0.2, -0.15) is 4.31 Å². The van der Waals surface area contributed by atoms with E-state index in [1.807, 2.05) is 6.92 Å². The van der Waals surface area contributed by atoms with Gasteiger partial charge in [0.05, 0.1) is 11.3 Å². The van der Waals surface area contributed by atoms with Crippen molar-refractivity contribution in [3.05, 3.63) is 99.8 Å². The molecule has 4 N–H and O–H groups in total. The Bertz CT molecular complexity index is 1580. The van der Waals surface area contributed by atoms with Gasteiger partial charge in [0, 0.05) is 53.4 Å². The number of nitrogens with one attached hydrogen (secondary N) is 2. The summed E-state index contributed by atoms with van der Waals surface area (Å²) < 4.78 is 71.4. The molecule has 1 aliphatic heterocycles. The number of halogens is 4. The summed E-state index contributed by atoms with van der Waals surface area (Å²) in [5, 5.41) is 6.15. The molecule has 236 valence electrons. The Balaban J connectivity index is 1.33. The lowest BCUT2D eigenvalue weighted by atomic mass is 9.84. The monoisotopic (exact) mass is 648 g/mol. The Morgan fingerprint density at radius 1 is 1.05 bits per heavy atom. The van der Waals surface area contributed by atoms with Crippen molar-refractivity contribution in [2.75, 3.05) is 18.4 Å². The number of anilines is 1.